The van der Waals surface area contributed by atoms with E-state index < -0.39 is 0 Å². The second kappa shape index (κ2) is 12.4. The zero-order valence-electron chi connectivity index (χ0n) is 20.3. The predicted octanol–water partition coefficient (Wildman–Crippen LogP) is 5.38. The van der Waals surface area contributed by atoms with Crippen LogP contribution in [0, 0.1) is 5.82 Å². The fourth-order valence-corrected chi connectivity index (χ4v) is 4.06. The third kappa shape index (κ3) is 7.02. The minimum absolute atomic E-state index is 0.284. The molecule has 0 saturated carbocycles. The number of ether oxygens (including phenoxy) is 2. The molecule has 194 valence electrons. The maximum Gasteiger partial charge on any atom is 0.250 e. The Kier molecular flexibility index (Phi) is 8.36. The number of anilines is 4. The zero-order valence-corrected chi connectivity index (χ0v) is 21.9. The first-order chi connectivity index (χ1) is 18.6. The molecule has 1 aliphatic rings. The first-order valence-electron chi connectivity index (χ1n) is 12.0. The van der Waals surface area contributed by atoms with Crippen LogP contribution in [0.4, 0.5) is 27.9 Å². The number of morpholine rings is 1. The first kappa shape index (κ1) is 25.6. The lowest BCUT2D eigenvalue weighted by Gasteiger charge is -2.27. The quantitative estimate of drug-likeness (QED) is 0.202. The lowest BCUT2D eigenvalue weighted by molar-refractivity contribution is 0.122. The van der Waals surface area contributed by atoms with E-state index >= 15 is 0 Å². The van der Waals surface area contributed by atoms with Crippen molar-refractivity contribution in [3.05, 3.63) is 94.2 Å². The molecular formula is C27H25BrFN7O2. The van der Waals surface area contributed by atoms with Crippen molar-refractivity contribution in [1.29, 1.82) is 0 Å². The molecule has 0 unspecified atom stereocenters. The molecular weight excluding hydrogens is 553 g/mol. The van der Waals surface area contributed by atoms with E-state index in [0.29, 0.717) is 56.5 Å². The monoisotopic (exact) mass is 577 g/mol. The molecule has 11 heteroatoms. The van der Waals surface area contributed by atoms with Crippen LogP contribution in [0.2, 0.25) is 0 Å². The molecule has 3 aromatic carbocycles. The Morgan fingerprint density at radius 3 is 2.53 bits per heavy atom. The van der Waals surface area contributed by atoms with Gasteiger partial charge in [0.1, 0.15) is 18.2 Å². The summed E-state index contributed by atoms with van der Waals surface area (Å²) in [6.07, 6.45) is 1.63. The van der Waals surface area contributed by atoms with Crippen molar-refractivity contribution in [3.8, 4) is 5.75 Å². The van der Waals surface area contributed by atoms with E-state index in [4.69, 9.17) is 9.47 Å². The van der Waals surface area contributed by atoms with Gasteiger partial charge in [-0.05, 0) is 48.0 Å². The van der Waals surface area contributed by atoms with Crippen LogP contribution in [0.25, 0.3) is 0 Å². The molecule has 1 fully saturated rings. The molecule has 0 aliphatic carbocycles. The van der Waals surface area contributed by atoms with Gasteiger partial charge < -0.3 is 19.7 Å². The van der Waals surface area contributed by atoms with Gasteiger partial charge in [0, 0.05) is 28.8 Å². The summed E-state index contributed by atoms with van der Waals surface area (Å²) in [5, 5.41) is 7.59. The fourth-order valence-electron chi connectivity index (χ4n) is 3.68. The lowest BCUT2D eigenvalue weighted by atomic mass is 10.2. The average Bonchev–Trinajstić information content (AvgIpc) is 2.94. The van der Waals surface area contributed by atoms with Gasteiger partial charge in [-0.15, -0.1) is 0 Å². The molecule has 4 aromatic rings. The number of benzene rings is 3. The second-order valence-electron chi connectivity index (χ2n) is 8.34. The van der Waals surface area contributed by atoms with Crippen molar-refractivity contribution >= 4 is 45.7 Å². The van der Waals surface area contributed by atoms with Crippen LogP contribution in [0.3, 0.4) is 0 Å². The minimum Gasteiger partial charge on any atom is -0.488 e. The van der Waals surface area contributed by atoms with Crippen molar-refractivity contribution in [1.82, 2.24) is 15.0 Å². The summed E-state index contributed by atoms with van der Waals surface area (Å²) in [5.41, 5.74) is 5.37. The van der Waals surface area contributed by atoms with Crippen molar-refractivity contribution in [2.75, 3.05) is 41.9 Å². The van der Waals surface area contributed by atoms with Crippen molar-refractivity contribution in [3.63, 3.8) is 0 Å². The highest BCUT2D eigenvalue weighted by Gasteiger charge is 2.17. The molecule has 2 heterocycles. The smallest absolute Gasteiger partial charge is 0.250 e. The highest BCUT2D eigenvalue weighted by molar-refractivity contribution is 9.10. The summed E-state index contributed by atoms with van der Waals surface area (Å²) in [6, 6.07) is 21.5. The van der Waals surface area contributed by atoms with E-state index in [2.05, 4.69) is 46.7 Å². The van der Waals surface area contributed by atoms with Crippen molar-refractivity contribution < 1.29 is 13.9 Å². The highest BCUT2D eigenvalue weighted by atomic mass is 79.9. The highest BCUT2D eigenvalue weighted by Crippen LogP contribution is 2.23. The first-order valence-corrected chi connectivity index (χ1v) is 12.8. The van der Waals surface area contributed by atoms with Gasteiger partial charge in [-0.3, -0.25) is 0 Å². The van der Waals surface area contributed by atoms with Gasteiger partial charge in [-0.2, -0.15) is 20.1 Å². The van der Waals surface area contributed by atoms with Crippen LogP contribution >= 0.6 is 15.9 Å². The number of hydrazone groups is 1. The van der Waals surface area contributed by atoms with Gasteiger partial charge in [0.25, 0.3) is 0 Å². The normalized spacial score (nSPS) is 13.5. The van der Waals surface area contributed by atoms with Gasteiger partial charge >= 0.3 is 0 Å². The number of aromatic nitrogens is 3. The van der Waals surface area contributed by atoms with Crippen molar-refractivity contribution in [2.45, 2.75) is 6.61 Å². The van der Waals surface area contributed by atoms with E-state index in [1.807, 2.05) is 53.4 Å². The number of halogens is 2. The molecule has 2 N–H and O–H groups in total. The summed E-state index contributed by atoms with van der Waals surface area (Å²) >= 11 is 3.50. The number of rotatable bonds is 9. The average molecular weight is 578 g/mol. The predicted molar refractivity (Wildman–Crippen MR) is 149 cm³/mol. The Balaban J connectivity index is 1.34. The van der Waals surface area contributed by atoms with E-state index in [-0.39, 0.29) is 5.82 Å². The molecule has 38 heavy (non-hydrogen) atoms. The number of hydrogen-bond donors (Lipinski definition) is 2. The summed E-state index contributed by atoms with van der Waals surface area (Å²) < 4.78 is 25.5. The van der Waals surface area contributed by atoms with Gasteiger partial charge in [0.05, 0.1) is 19.4 Å². The van der Waals surface area contributed by atoms with Gasteiger partial charge in [-0.25, -0.2) is 9.82 Å². The van der Waals surface area contributed by atoms with Crippen LogP contribution in [0.1, 0.15) is 11.1 Å². The van der Waals surface area contributed by atoms with E-state index in [1.54, 1.807) is 18.3 Å². The van der Waals surface area contributed by atoms with Crippen LogP contribution in [-0.4, -0.2) is 47.5 Å². The molecule has 0 bridgehead atoms. The van der Waals surface area contributed by atoms with Gasteiger partial charge in [0.15, 0.2) is 0 Å². The van der Waals surface area contributed by atoms with Crippen LogP contribution in [0.15, 0.2) is 82.4 Å². The third-order valence-corrected chi connectivity index (χ3v) is 6.09. The molecule has 0 radical (unpaired) electrons. The molecule has 0 amide bonds. The molecule has 1 aromatic heterocycles. The number of hydrogen-bond acceptors (Lipinski definition) is 9. The molecule has 1 aliphatic heterocycles. The van der Waals surface area contributed by atoms with E-state index in [1.165, 1.54) is 12.1 Å². The summed E-state index contributed by atoms with van der Waals surface area (Å²) in [4.78, 5) is 15.7. The molecule has 9 nitrogen and oxygen atoms in total. The van der Waals surface area contributed by atoms with Crippen LogP contribution < -0.4 is 20.4 Å². The molecule has 5 rings (SSSR count). The lowest BCUT2D eigenvalue weighted by Crippen LogP contribution is -2.37. The number of para-hydroxylation sites is 1. The standard InChI is InChI=1S/C27H25BrFN7O2/c28-21-8-11-24(38-18-19-6-9-22(29)10-7-19)20(16-21)17-30-35-26-32-25(31-23-4-2-1-3-5-23)33-27(34-26)36-12-14-37-15-13-36/h1-11,16-17H,12-15,18H2,(H2,31,32,33,34,35)/b30-17-. The van der Waals surface area contributed by atoms with Crippen molar-refractivity contribution in [2.24, 2.45) is 5.10 Å². The number of nitrogens with one attached hydrogen (secondary N) is 2. The maximum absolute atomic E-state index is 13.2. The maximum atomic E-state index is 13.2. The Morgan fingerprint density at radius 1 is 0.974 bits per heavy atom. The summed E-state index contributed by atoms with van der Waals surface area (Å²) in [5.74, 6) is 1.56. The largest absolute Gasteiger partial charge is 0.488 e. The molecule has 0 atom stereocenters. The Morgan fingerprint density at radius 2 is 1.74 bits per heavy atom. The number of nitrogens with zero attached hydrogens (tertiary/aromatic N) is 5. The molecule has 1 saturated heterocycles. The Hall–Kier alpha value is -4.09. The van der Waals surface area contributed by atoms with Crippen LogP contribution in [-0.2, 0) is 11.3 Å². The topological polar surface area (TPSA) is 96.8 Å². The second-order valence-corrected chi connectivity index (χ2v) is 9.26. The summed E-state index contributed by atoms with van der Waals surface area (Å²) in [7, 11) is 0. The van der Waals surface area contributed by atoms with Gasteiger partial charge in [0.2, 0.25) is 17.8 Å². The zero-order chi connectivity index (χ0) is 26.2. The third-order valence-electron chi connectivity index (χ3n) is 5.60. The summed E-state index contributed by atoms with van der Waals surface area (Å²) in [6.45, 7) is 2.88. The Bertz CT molecular complexity index is 1380. The Labute approximate surface area is 227 Å². The van der Waals surface area contributed by atoms with E-state index in [0.717, 1.165) is 21.3 Å². The molecule has 0 spiro atoms. The minimum atomic E-state index is -0.284. The van der Waals surface area contributed by atoms with E-state index in [9.17, 15) is 4.39 Å². The SMILES string of the molecule is Fc1ccc(COc2ccc(Br)cc2/C=N\Nc2nc(Nc3ccccc3)nc(N3CCOCC3)n2)cc1. The van der Waals surface area contributed by atoms with Gasteiger partial charge in [-0.1, -0.05) is 46.3 Å². The fraction of sp³-hybridized carbons (Fsp3) is 0.185. The van der Waals surface area contributed by atoms with Crippen LogP contribution in [0.5, 0.6) is 5.75 Å².